The summed E-state index contributed by atoms with van der Waals surface area (Å²) in [7, 11) is 0. The van der Waals surface area contributed by atoms with Gasteiger partial charge in [0.2, 0.25) is 5.91 Å². The summed E-state index contributed by atoms with van der Waals surface area (Å²) < 4.78 is 54.8. The molecule has 1 atom stereocenters. The lowest BCUT2D eigenvalue weighted by molar-refractivity contribution is -0.120. The average molecular weight is 384 g/mol. The number of benzene rings is 1. The largest absolute Gasteiger partial charge is 0.381 e. The van der Waals surface area contributed by atoms with E-state index in [1.807, 2.05) is 0 Å². The molecule has 2 heterocycles. The molecule has 1 unspecified atom stereocenters. The summed E-state index contributed by atoms with van der Waals surface area (Å²) in [5.74, 6) is -3.52. The van der Waals surface area contributed by atoms with E-state index in [-0.39, 0.29) is 31.1 Å². The number of carbonyl (C=O) groups is 1. The Morgan fingerprint density at radius 1 is 1.22 bits per heavy atom. The Morgan fingerprint density at radius 3 is 2.70 bits per heavy atom. The molecule has 1 N–H and O–H groups in total. The van der Waals surface area contributed by atoms with Crippen LogP contribution in [0.3, 0.4) is 0 Å². The van der Waals surface area contributed by atoms with E-state index < -0.39 is 17.5 Å². The van der Waals surface area contributed by atoms with Crippen LogP contribution in [0.1, 0.15) is 23.4 Å². The van der Waals surface area contributed by atoms with Crippen molar-refractivity contribution in [2.45, 2.75) is 26.1 Å². The second-order valence-electron chi connectivity index (χ2n) is 6.36. The number of amides is 1. The number of hydrogen-bond acceptors (Lipinski definition) is 5. The van der Waals surface area contributed by atoms with Crippen molar-refractivity contribution in [2.75, 3.05) is 19.8 Å². The van der Waals surface area contributed by atoms with Gasteiger partial charge in [0.1, 0.15) is 6.61 Å². The molecule has 0 bridgehead atoms. The van der Waals surface area contributed by atoms with Crippen molar-refractivity contribution in [2.24, 2.45) is 5.92 Å². The van der Waals surface area contributed by atoms with Crippen molar-refractivity contribution in [1.29, 1.82) is 0 Å². The first-order chi connectivity index (χ1) is 13.0. The lowest BCUT2D eigenvalue weighted by Gasteiger charge is -2.08. The zero-order chi connectivity index (χ0) is 19.2. The number of aromatic nitrogens is 1. The van der Waals surface area contributed by atoms with Crippen molar-refractivity contribution in [1.82, 2.24) is 10.5 Å². The molecular formula is C18H19F3N2O4. The molecule has 0 aliphatic carbocycles. The Balaban J connectivity index is 1.41. The number of carbonyl (C=O) groups excluding carboxylic acids is 1. The van der Waals surface area contributed by atoms with E-state index >= 15 is 0 Å². The molecule has 1 saturated heterocycles. The minimum absolute atomic E-state index is 0.00531. The third-order valence-corrected chi connectivity index (χ3v) is 4.12. The summed E-state index contributed by atoms with van der Waals surface area (Å²) in [5.41, 5.74) is 0.606. The molecule has 0 spiro atoms. The van der Waals surface area contributed by atoms with Crippen LogP contribution in [-0.2, 0) is 33.9 Å². The van der Waals surface area contributed by atoms with Gasteiger partial charge >= 0.3 is 0 Å². The van der Waals surface area contributed by atoms with Crippen LogP contribution >= 0.6 is 0 Å². The van der Waals surface area contributed by atoms with Gasteiger partial charge in [-0.2, -0.15) is 0 Å². The van der Waals surface area contributed by atoms with Gasteiger partial charge < -0.3 is 19.3 Å². The van der Waals surface area contributed by atoms with Crippen LogP contribution in [0.4, 0.5) is 13.2 Å². The second kappa shape index (κ2) is 9.01. The van der Waals surface area contributed by atoms with Crippen molar-refractivity contribution in [3.8, 4) is 0 Å². The van der Waals surface area contributed by atoms with E-state index in [2.05, 4.69) is 10.5 Å². The zero-order valence-electron chi connectivity index (χ0n) is 14.5. The molecule has 0 radical (unpaired) electrons. The van der Waals surface area contributed by atoms with E-state index in [0.29, 0.717) is 30.5 Å². The number of nitrogens with one attached hydrogen (secondary N) is 1. The standard InChI is InChI=1S/C18H19F3N2O4/c19-15-3-12(4-16(20)18(15)21)9-26-10-14-5-13(23-27-14)6-17(24)22-7-11-1-2-25-8-11/h3-5,11H,1-2,6-10H2,(H,22,24). The maximum Gasteiger partial charge on any atom is 0.226 e. The summed E-state index contributed by atoms with van der Waals surface area (Å²) in [6.07, 6.45) is 1.01. The predicted molar refractivity (Wildman–Crippen MR) is 87.0 cm³/mol. The molecule has 0 saturated carbocycles. The number of ether oxygens (including phenoxy) is 2. The molecule has 1 aliphatic rings. The van der Waals surface area contributed by atoms with Gasteiger partial charge in [-0.1, -0.05) is 5.16 Å². The van der Waals surface area contributed by atoms with Crippen LogP contribution in [0.15, 0.2) is 22.7 Å². The minimum atomic E-state index is -1.52. The van der Waals surface area contributed by atoms with Crippen LogP contribution in [-0.4, -0.2) is 30.8 Å². The highest BCUT2D eigenvalue weighted by Crippen LogP contribution is 2.15. The fourth-order valence-electron chi connectivity index (χ4n) is 2.70. The third kappa shape index (κ3) is 5.54. The average Bonchev–Trinajstić information content (AvgIpc) is 3.30. The monoisotopic (exact) mass is 384 g/mol. The molecule has 6 nitrogen and oxygen atoms in total. The maximum absolute atomic E-state index is 13.1. The van der Waals surface area contributed by atoms with Gasteiger partial charge in [-0.25, -0.2) is 13.2 Å². The van der Waals surface area contributed by atoms with E-state index in [9.17, 15) is 18.0 Å². The molecule has 9 heteroatoms. The van der Waals surface area contributed by atoms with E-state index in [0.717, 1.165) is 25.2 Å². The van der Waals surface area contributed by atoms with Gasteiger partial charge in [0.15, 0.2) is 23.2 Å². The fraction of sp³-hybridized carbons (Fsp3) is 0.444. The molecule has 2 aromatic rings. The van der Waals surface area contributed by atoms with Crippen molar-refractivity contribution in [3.05, 3.63) is 52.7 Å². The van der Waals surface area contributed by atoms with Gasteiger partial charge in [-0.05, 0) is 24.1 Å². The topological polar surface area (TPSA) is 73.6 Å². The highest BCUT2D eigenvalue weighted by Gasteiger charge is 2.17. The first-order valence-electron chi connectivity index (χ1n) is 8.51. The molecular weight excluding hydrogens is 365 g/mol. The Bertz CT molecular complexity index is 768. The fourth-order valence-corrected chi connectivity index (χ4v) is 2.70. The summed E-state index contributed by atoms with van der Waals surface area (Å²) in [5, 5.41) is 6.62. The molecule has 27 heavy (non-hydrogen) atoms. The molecule has 1 amide bonds. The smallest absolute Gasteiger partial charge is 0.226 e. The quantitative estimate of drug-likeness (QED) is 0.708. The van der Waals surface area contributed by atoms with Gasteiger partial charge in [0.25, 0.3) is 0 Å². The summed E-state index contributed by atoms with van der Waals surface area (Å²) in [4.78, 5) is 11.9. The highest BCUT2D eigenvalue weighted by atomic mass is 19.2. The molecule has 1 fully saturated rings. The molecule has 1 aromatic carbocycles. The summed E-state index contributed by atoms with van der Waals surface area (Å²) in [6, 6.07) is 3.30. The van der Waals surface area contributed by atoms with Crippen molar-refractivity contribution < 1.29 is 32.0 Å². The Hall–Kier alpha value is -2.39. The molecule has 3 rings (SSSR count). The number of rotatable bonds is 8. The maximum atomic E-state index is 13.1. The van der Waals surface area contributed by atoms with Gasteiger partial charge in [0, 0.05) is 25.1 Å². The number of hydrogen-bond donors (Lipinski definition) is 1. The molecule has 1 aliphatic heterocycles. The normalized spacial score (nSPS) is 16.6. The van der Waals surface area contributed by atoms with Crippen LogP contribution in [0.5, 0.6) is 0 Å². The van der Waals surface area contributed by atoms with Gasteiger partial charge in [-0.3, -0.25) is 4.79 Å². The predicted octanol–water partition coefficient (Wildman–Crippen LogP) is 2.50. The SMILES string of the molecule is O=C(Cc1cc(COCc2cc(F)c(F)c(F)c2)on1)NCC1CCOC1. The van der Waals surface area contributed by atoms with Crippen molar-refractivity contribution in [3.63, 3.8) is 0 Å². The first kappa shape index (κ1) is 19.4. The third-order valence-electron chi connectivity index (χ3n) is 4.12. The lowest BCUT2D eigenvalue weighted by atomic mass is 10.1. The minimum Gasteiger partial charge on any atom is -0.381 e. The number of nitrogens with zero attached hydrogens (tertiary/aromatic N) is 1. The van der Waals surface area contributed by atoms with Gasteiger partial charge in [-0.15, -0.1) is 0 Å². The van der Waals surface area contributed by atoms with E-state index in [1.165, 1.54) is 0 Å². The van der Waals surface area contributed by atoms with Crippen LogP contribution < -0.4 is 5.32 Å². The van der Waals surface area contributed by atoms with Crippen molar-refractivity contribution >= 4 is 5.91 Å². The molecule has 146 valence electrons. The lowest BCUT2D eigenvalue weighted by Crippen LogP contribution is -2.30. The second-order valence-corrected chi connectivity index (χ2v) is 6.36. The van der Waals surface area contributed by atoms with Gasteiger partial charge in [0.05, 0.1) is 25.3 Å². The first-order valence-corrected chi connectivity index (χ1v) is 8.51. The van der Waals surface area contributed by atoms with E-state index in [1.54, 1.807) is 6.07 Å². The van der Waals surface area contributed by atoms with E-state index in [4.69, 9.17) is 14.0 Å². The Morgan fingerprint density at radius 2 is 2.00 bits per heavy atom. The Labute approximate surface area is 153 Å². The Kier molecular flexibility index (Phi) is 6.46. The number of halogens is 3. The zero-order valence-corrected chi connectivity index (χ0v) is 14.5. The van der Waals surface area contributed by atoms with Crippen LogP contribution in [0.2, 0.25) is 0 Å². The van der Waals surface area contributed by atoms with Crippen LogP contribution in [0.25, 0.3) is 0 Å². The van der Waals surface area contributed by atoms with Crippen LogP contribution in [0, 0.1) is 23.4 Å². The highest BCUT2D eigenvalue weighted by molar-refractivity contribution is 5.78. The summed E-state index contributed by atoms with van der Waals surface area (Å²) in [6.45, 7) is 1.82. The summed E-state index contributed by atoms with van der Waals surface area (Å²) >= 11 is 0. The molecule has 1 aromatic heterocycles.